The average molecular weight is 234 g/mol. The summed E-state index contributed by atoms with van der Waals surface area (Å²) in [5.74, 6) is -0.0794. The van der Waals surface area contributed by atoms with Crippen molar-refractivity contribution in [2.75, 3.05) is 25.1 Å². The maximum absolute atomic E-state index is 11.5. The third-order valence-corrected chi connectivity index (χ3v) is 3.34. The van der Waals surface area contributed by atoms with Gasteiger partial charge in [-0.05, 0) is 19.4 Å². The lowest BCUT2D eigenvalue weighted by Gasteiger charge is -2.22. The van der Waals surface area contributed by atoms with Gasteiger partial charge < -0.3 is 10.6 Å². The van der Waals surface area contributed by atoms with Gasteiger partial charge in [-0.1, -0.05) is 6.42 Å². The highest BCUT2D eigenvalue weighted by molar-refractivity contribution is 7.90. The Bertz CT molecular complexity index is 307. The monoisotopic (exact) mass is 234 g/mol. The maximum Gasteiger partial charge on any atom is 0.237 e. The molecule has 0 radical (unpaired) electrons. The van der Waals surface area contributed by atoms with Crippen LogP contribution in [0, 0.1) is 0 Å². The van der Waals surface area contributed by atoms with Crippen LogP contribution in [0.2, 0.25) is 0 Å². The molecule has 0 saturated carbocycles. The zero-order valence-corrected chi connectivity index (χ0v) is 9.77. The summed E-state index contributed by atoms with van der Waals surface area (Å²) >= 11 is 0. The van der Waals surface area contributed by atoms with E-state index < -0.39 is 9.84 Å². The molecule has 5 nitrogen and oxygen atoms in total. The fourth-order valence-electron chi connectivity index (χ4n) is 1.56. The molecule has 1 atom stereocenters. The lowest BCUT2D eigenvalue weighted by molar-refractivity contribution is -0.123. The minimum Gasteiger partial charge on any atom is -0.354 e. The van der Waals surface area contributed by atoms with Gasteiger partial charge in [0, 0.05) is 12.8 Å². The highest BCUT2D eigenvalue weighted by atomic mass is 32.2. The third-order valence-electron chi connectivity index (χ3n) is 2.40. The number of carbonyl (C=O) groups is 1. The molecule has 88 valence electrons. The number of rotatable bonds is 4. The van der Waals surface area contributed by atoms with Gasteiger partial charge in [0.1, 0.15) is 9.84 Å². The van der Waals surface area contributed by atoms with E-state index in [-0.39, 0.29) is 24.2 Å². The van der Waals surface area contributed by atoms with Crippen LogP contribution >= 0.6 is 0 Å². The largest absolute Gasteiger partial charge is 0.354 e. The van der Waals surface area contributed by atoms with Crippen molar-refractivity contribution in [2.24, 2.45) is 0 Å². The Balaban J connectivity index is 2.23. The second-order valence-electron chi connectivity index (χ2n) is 3.92. The Kier molecular flexibility index (Phi) is 4.53. The van der Waals surface area contributed by atoms with Crippen LogP contribution < -0.4 is 10.6 Å². The Morgan fingerprint density at radius 1 is 1.47 bits per heavy atom. The molecule has 0 unspecified atom stereocenters. The van der Waals surface area contributed by atoms with Crippen molar-refractivity contribution in [1.29, 1.82) is 0 Å². The van der Waals surface area contributed by atoms with Gasteiger partial charge in [0.2, 0.25) is 5.91 Å². The number of carbonyl (C=O) groups excluding carboxylic acids is 1. The quantitative estimate of drug-likeness (QED) is 0.674. The van der Waals surface area contributed by atoms with Crippen molar-refractivity contribution < 1.29 is 13.2 Å². The van der Waals surface area contributed by atoms with Gasteiger partial charge in [-0.3, -0.25) is 4.79 Å². The van der Waals surface area contributed by atoms with Crippen molar-refractivity contribution in [1.82, 2.24) is 10.6 Å². The maximum atomic E-state index is 11.5. The van der Waals surface area contributed by atoms with Crippen LogP contribution in [0.5, 0.6) is 0 Å². The second-order valence-corrected chi connectivity index (χ2v) is 6.18. The summed E-state index contributed by atoms with van der Waals surface area (Å²) in [6.07, 6.45) is 4.16. The Morgan fingerprint density at radius 2 is 2.20 bits per heavy atom. The van der Waals surface area contributed by atoms with E-state index in [1.165, 1.54) is 0 Å². The summed E-state index contributed by atoms with van der Waals surface area (Å²) in [5.41, 5.74) is 0. The molecule has 0 aromatic carbocycles. The zero-order chi connectivity index (χ0) is 11.3. The number of hydrogen-bond acceptors (Lipinski definition) is 4. The molecular formula is C9H18N2O3S. The molecule has 1 heterocycles. The lowest BCUT2D eigenvalue weighted by Crippen LogP contribution is -2.47. The fraction of sp³-hybridized carbons (Fsp3) is 0.889. The first-order chi connectivity index (χ1) is 6.99. The first-order valence-electron chi connectivity index (χ1n) is 5.18. The highest BCUT2D eigenvalue weighted by Gasteiger charge is 2.19. The average Bonchev–Trinajstić information content (AvgIpc) is 2.17. The van der Waals surface area contributed by atoms with Crippen LogP contribution in [0.15, 0.2) is 0 Å². The molecule has 0 spiro atoms. The van der Waals surface area contributed by atoms with E-state index in [4.69, 9.17) is 0 Å². The number of nitrogens with one attached hydrogen (secondary N) is 2. The standard InChI is InChI=1S/C9H18N2O3S/c1-15(13,14)7-6-11-9(12)8-4-2-3-5-10-8/h8,10H,2-7H2,1H3,(H,11,12)/t8-/m0/s1. The Morgan fingerprint density at radius 3 is 2.73 bits per heavy atom. The molecule has 15 heavy (non-hydrogen) atoms. The van der Waals surface area contributed by atoms with Gasteiger partial charge in [0.05, 0.1) is 11.8 Å². The Hall–Kier alpha value is -0.620. The van der Waals surface area contributed by atoms with E-state index in [1.807, 2.05) is 0 Å². The predicted molar refractivity (Wildman–Crippen MR) is 58.4 cm³/mol. The molecule has 2 N–H and O–H groups in total. The van der Waals surface area contributed by atoms with E-state index >= 15 is 0 Å². The molecule has 1 aliphatic rings. The molecule has 1 rings (SSSR count). The van der Waals surface area contributed by atoms with Gasteiger partial charge in [-0.25, -0.2) is 8.42 Å². The summed E-state index contributed by atoms with van der Waals surface area (Å²) in [7, 11) is -2.99. The van der Waals surface area contributed by atoms with Crippen molar-refractivity contribution in [3.05, 3.63) is 0 Å². The van der Waals surface area contributed by atoms with Crippen molar-refractivity contribution in [2.45, 2.75) is 25.3 Å². The second kappa shape index (κ2) is 5.46. The number of hydrogen-bond donors (Lipinski definition) is 2. The van der Waals surface area contributed by atoms with Crippen molar-refractivity contribution in [3.8, 4) is 0 Å². The summed E-state index contributed by atoms with van der Waals surface area (Å²) < 4.78 is 21.6. The first kappa shape index (κ1) is 12.4. The molecule has 1 aliphatic heterocycles. The van der Waals surface area contributed by atoms with Crippen LogP contribution in [-0.4, -0.2) is 45.5 Å². The first-order valence-corrected chi connectivity index (χ1v) is 7.24. The van der Waals surface area contributed by atoms with E-state index in [0.29, 0.717) is 0 Å². The van der Waals surface area contributed by atoms with Crippen LogP contribution in [0.3, 0.4) is 0 Å². The van der Waals surface area contributed by atoms with Crippen LogP contribution in [0.4, 0.5) is 0 Å². The molecular weight excluding hydrogens is 216 g/mol. The number of sulfone groups is 1. The van der Waals surface area contributed by atoms with Crippen LogP contribution in [0.1, 0.15) is 19.3 Å². The Labute approximate surface area is 90.5 Å². The highest BCUT2D eigenvalue weighted by Crippen LogP contribution is 2.06. The van der Waals surface area contributed by atoms with E-state index in [0.717, 1.165) is 32.1 Å². The predicted octanol–water partition coefficient (Wildman–Crippen LogP) is -0.711. The van der Waals surface area contributed by atoms with Crippen molar-refractivity contribution >= 4 is 15.7 Å². The molecule has 1 amide bonds. The zero-order valence-electron chi connectivity index (χ0n) is 8.95. The van der Waals surface area contributed by atoms with Gasteiger partial charge in [0.15, 0.2) is 0 Å². The molecule has 6 heteroatoms. The normalized spacial score (nSPS) is 22.3. The van der Waals surface area contributed by atoms with Gasteiger partial charge in [-0.15, -0.1) is 0 Å². The SMILES string of the molecule is CS(=O)(=O)CCNC(=O)[C@@H]1CCCCN1. The summed E-state index contributed by atoms with van der Waals surface area (Å²) in [6.45, 7) is 1.07. The molecule has 0 aliphatic carbocycles. The van der Waals surface area contributed by atoms with E-state index in [9.17, 15) is 13.2 Å². The summed E-state index contributed by atoms with van der Waals surface area (Å²) in [5, 5.41) is 5.73. The van der Waals surface area contributed by atoms with Crippen molar-refractivity contribution in [3.63, 3.8) is 0 Å². The molecule has 1 saturated heterocycles. The summed E-state index contributed by atoms with van der Waals surface area (Å²) in [6, 6.07) is -0.140. The lowest BCUT2D eigenvalue weighted by atomic mass is 10.0. The molecule has 1 fully saturated rings. The fourth-order valence-corrected chi connectivity index (χ4v) is 2.03. The van der Waals surface area contributed by atoms with Gasteiger partial charge in [-0.2, -0.15) is 0 Å². The van der Waals surface area contributed by atoms with Gasteiger partial charge in [0.25, 0.3) is 0 Å². The van der Waals surface area contributed by atoms with E-state index in [2.05, 4.69) is 10.6 Å². The minimum absolute atomic E-state index is 0.00542. The molecule has 0 bridgehead atoms. The number of piperidine rings is 1. The van der Waals surface area contributed by atoms with Crippen LogP contribution in [0.25, 0.3) is 0 Å². The summed E-state index contributed by atoms with van der Waals surface area (Å²) in [4.78, 5) is 11.5. The van der Waals surface area contributed by atoms with Crippen LogP contribution in [-0.2, 0) is 14.6 Å². The molecule has 0 aromatic heterocycles. The topological polar surface area (TPSA) is 75.3 Å². The molecule has 0 aromatic rings. The minimum atomic E-state index is -2.99. The van der Waals surface area contributed by atoms with Gasteiger partial charge >= 0.3 is 0 Å². The smallest absolute Gasteiger partial charge is 0.237 e. The number of amides is 1. The third kappa shape index (κ3) is 5.13. The van der Waals surface area contributed by atoms with E-state index in [1.54, 1.807) is 0 Å².